The molecule has 0 aliphatic carbocycles. The summed E-state index contributed by atoms with van der Waals surface area (Å²) in [4.78, 5) is 6.54. The standard InChI is InChI=1S/C16H22BrN3S/c1-16(2,3)19-8-12-5-6-14(7-15(12)17)20(4)9-13-10-21-11-18-13/h5-7,10-11,19H,8-9H2,1-4H3. The van der Waals surface area contributed by atoms with Crippen LogP contribution in [0, 0.1) is 0 Å². The Hall–Kier alpha value is -0.910. The average Bonchev–Trinajstić information content (AvgIpc) is 2.89. The topological polar surface area (TPSA) is 28.2 Å². The minimum atomic E-state index is 0.125. The number of benzene rings is 1. The van der Waals surface area contributed by atoms with Crippen LogP contribution < -0.4 is 10.2 Å². The average molecular weight is 368 g/mol. The maximum atomic E-state index is 4.33. The van der Waals surface area contributed by atoms with Gasteiger partial charge in [0.25, 0.3) is 0 Å². The van der Waals surface area contributed by atoms with Crippen LogP contribution in [0.15, 0.2) is 33.6 Å². The lowest BCUT2D eigenvalue weighted by Gasteiger charge is -2.22. The highest BCUT2D eigenvalue weighted by atomic mass is 79.9. The highest BCUT2D eigenvalue weighted by Gasteiger charge is 2.11. The SMILES string of the molecule is CN(Cc1cscn1)c1ccc(CNC(C)(C)C)c(Br)c1. The molecule has 1 N–H and O–H groups in total. The number of nitrogens with zero attached hydrogens (tertiary/aromatic N) is 2. The quantitative estimate of drug-likeness (QED) is 0.846. The van der Waals surface area contributed by atoms with E-state index in [9.17, 15) is 0 Å². The van der Waals surface area contributed by atoms with Crippen LogP contribution in [0.2, 0.25) is 0 Å². The summed E-state index contributed by atoms with van der Waals surface area (Å²) in [6.45, 7) is 8.22. The van der Waals surface area contributed by atoms with Gasteiger partial charge in [-0.15, -0.1) is 11.3 Å². The van der Waals surface area contributed by atoms with Crippen molar-refractivity contribution in [2.24, 2.45) is 0 Å². The van der Waals surface area contributed by atoms with Gasteiger partial charge in [-0.2, -0.15) is 0 Å². The fourth-order valence-electron chi connectivity index (χ4n) is 1.93. The molecule has 0 radical (unpaired) electrons. The zero-order valence-corrected chi connectivity index (χ0v) is 15.4. The fourth-order valence-corrected chi connectivity index (χ4v) is 2.98. The first kappa shape index (κ1) is 16.5. The van der Waals surface area contributed by atoms with Crippen molar-refractivity contribution in [3.05, 3.63) is 44.8 Å². The number of anilines is 1. The molecule has 5 heteroatoms. The molecule has 3 nitrogen and oxygen atoms in total. The third-order valence-corrected chi connectivity index (χ3v) is 4.54. The van der Waals surface area contributed by atoms with E-state index in [-0.39, 0.29) is 5.54 Å². The lowest BCUT2D eigenvalue weighted by molar-refractivity contribution is 0.424. The van der Waals surface area contributed by atoms with Gasteiger partial charge in [-0.05, 0) is 38.5 Å². The van der Waals surface area contributed by atoms with Gasteiger partial charge in [-0.1, -0.05) is 22.0 Å². The second kappa shape index (κ2) is 6.90. The normalized spacial score (nSPS) is 11.7. The molecule has 0 saturated carbocycles. The monoisotopic (exact) mass is 367 g/mol. The van der Waals surface area contributed by atoms with Gasteiger partial charge < -0.3 is 10.2 Å². The fraction of sp³-hybridized carbons (Fsp3) is 0.438. The minimum absolute atomic E-state index is 0.125. The Balaban J connectivity index is 2.04. The van der Waals surface area contributed by atoms with Crippen LogP contribution in [0.4, 0.5) is 5.69 Å². The summed E-state index contributed by atoms with van der Waals surface area (Å²) in [5, 5.41) is 5.60. The van der Waals surface area contributed by atoms with E-state index < -0.39 is 0 Å². The molecule has 1 aromatic heterocycles. The van der Waals surface area contributed by atoms with Crippen molar-refractivity contribution in [1.29, 1.82) is 0 Å². The van der Waals surface area contributed by atoms with Gasteiger partial charge in [-0.25, -0.2) is 4.98 Å². The number of hydrogen-bond acceptors (Lipinski definition) is 4. The predicted octanol–water partition coefficient (Wildman–Crippen LogP) is 4.43. The van der Waals surface area contributed by atoms with Crippen molar-refractivity contribution in [3.8, 4) is 0 Å². The number of aromatic nitrogens is 1. The molecule has 0 bridgehead atoms. The van der Waals surface area contributed by atoms with Gasteiger partial charge in [-0.3, -0.25) is 0 Å². The van der Waals surface area contributed by atoms with Crippen LogP contribution in [0.5, 0.6) is 0 Å². The number of halogens is 1. The zero-order chi connectivity index (χ0) is 15.5. The van der Waals surface area contributed by atoms with Crippen LogP contribution in [0.1, 0.15) is 32.0 Å². The molecule has 0 aliphatic heterocycles. The second-order valence-corrected chi connectivity index (χ2v) is 7.79. The van der Waals surface area contributed by atoms with Crippen LogP contribution >= 0.6 is 27.3 Å². The van der Waals surface area contributed by atoms with E-state index >= 15 is 0 Å². The van der Waals surface area contributed by atoms with E-state index in [1.165, 1.54) is 11.3 Å². The Morgan fingerprint density at radius 2 is 2.10 bits per heavy atom. The number of nitrogens with one attached hydrogen (secondary N) is 1. The molecule has 0 amide bonds. The third-order valence-electron chi connectivity index (χ3n) is 3.17. The molecule has 1 aromatic carbocycles. The van der Waals surface area contributed by atoms with E-state index in [0.29, 0.717) is 0 Å². The van der Waals surface area contributed by atoms with Crippen LogP contribution in [0.3, 0.4) is 0 Å². The summed E-state index contributed by atoms with van der Waals surface area (Å²) in [5.74, 6) is 0. The van der Waals surface area contributed by atoms with Gasteiger partial charge in [0.1, 0.15) is 0 Å². The van der Waals surface area contributed by atoms with E-state index in [1.807, 2.05) is 5.51 Å². The van der Waals surface area contributed by atoms with Crippen LogP contribution in [0.25, 0.3) is 0 Å². The van der Waals surface area contributed by atoms with E-state index in [0.717, 1.165) is 23.3 Å². The minimum Gasteiger partial charge on any atom is -0.369 e. The first-order chi connectivity index (χ1) is 9.85. The predicted molar refractivity (Wildman–Crippen MR) is 95.0 cm³/mol. The smallest absolute Gasteiger partial charge is 0.0795 e. The first-order valence-electron chi connectivity index (χ1n) is 6.97. The van der Waals surface area contributed by atoms with Crippen LogP contribution in [-0.2, 0) is 13.1 Å². The molecule has 114 valence electrons. The van der Waals surface area contributed by atoms with E-state index in [1.54, 1.807) is 11.3 Å². The van der Waals surface area contributed by atoms with Crippen molar-refractivity contribution in [3.63, 3.8) is 0 Å². The molecule has 0 fully saturated rings. The van der Waals surface area contributed by atoms with Gasteiger partial charge >= 0.3 is 0 Å². The molecule has 0 saturated heterocycles. The van der Waals surface area contributed by atoms with Gasteiger partial charge in [0.15, 0.2) is 0 Å². The van der Waals surface area contributed by atoms with E-state index in [2.05, 4.69) is 82.5 Å². The van der Waals surface area contributed by atoms with Crippen LogP contribution in [-0.4, -0.2) is 17.6 Å². The molecule has 0 aliphatic rings. The Kier molecular flexibility index (Phi) is 5.41. The Labute approximate surface area is 139 Å². The maximum Gasteiger partial charge on any atom is 0.0795 e. The Morgan fingerprint density at radius 1 is 1.33 bits per heavy atom. The van der Waals surface area contributed by atoms with Crippen molar-refractivity contribution in [2.45, 2.75) is 39.4 Å². The highest BCUT2D eigenvalue weighted by Crippen LogP contribution is 2.25. The van der Waals surface area contributed by atoms with Gasteiger partial charge in [0.2, 0.25) is 0 Å². The molecule has 0 unspecified atom stereocenters. The summed E-state index contributed by atoms with van der Waals surface area (Å²) in [6, 6.07) is 6.51. The molecule has 1 heterocycles. The molecular formula is C16H22BrN3S. The van der Waals surface area contributed by atoms with Crippen molar-refractivity contribution in [2.75, 3.05) is 11.9 Å². The second-order valence-electron chi connectivity index (χ2n) is 6.22. The summed E-state index contributed by atoms with van der Waals surface area (Å²) in [6.07, 6.45) is 0. The number of thiazole rings is 1. The van der Waals surface area contributed by atoms with Crippen molar-refractivity contribution < 1.29 is 0 Å². The zero-order valence-electron chi connectivity index (χ0n) is 13.0. The molecule has 0 atom stereocenters. The largest absolute Gasteiger partial charge is 0.369 e. The van der Waals surface area contributed by atoms with Gasteiger partial charge in [0.05, 0.1) is 17.7 Å². The summed E-state index contributed by atoms with van der Waals surface area (Å²) in [7, 11) is 2.09. The Bertz CT molecular complexity index is 576. The highest BCUT2D eigenvalue weighted by molar-refractivity contribution is 9.10. The lowest BCUT2D eigenvalue weighted by atomic mass is 10.1. The van der Waals surface area contributed by atoms with Crippen molar-refractivity contribution >= 4 is 33.0 Å². The molecule has 2 aromatic rings. The summed E-state index contributed by atoms with van der Waals surface area (Å²) < 4.78 is 1.14. The first-order valence-corrected chi connectivity index (χ1v) is 8.70. The number of hydrogen-bond donors (Lipinski definition) is 1. The third kappa shape index (κ3) is 5.09. The summed E-state index contributed by atoms with van der Waals surface area (Å²) in [5.41, 5.74) is 5.57. The molecular weight excluding hydrogens is 346 g/mol. The molecule has 0 spiro atoms. The molecule has 2 rings (SSSR count). The van der Waals surface area contributed by atoms with Crippen molar-refractivity contribution in [1.82, 2.24) is 10.3 Å². The maximum absolute atomic E-state index is 4.33. The lowest BCUT2D eigenvalue weighted by Crippen LogP contribution is -2.35. The summed E-state index contributed by atoms with van der Waals surface area (Å²) >= 11 is 5.32. The number of rotatable bonds is 5. The van der Waals surface area contributed by atoms with Gasteiger partial charge in [0, 0.05) is 34.7 Å². The molecule has 21 heavy (non-hydrogen) atoms. The van der Waals surface area contributed by atoms with E-state index in [4.69, 9.17) is 0 Å². The Morgan fingerprint density at radius 3 is 2.67 bits per heavy atom.